The fourth-order valence-corrected chi connectivity index (χ4v) is 0.353. The molecule has 0 unspecified atom stereocenters. The molecule has 0 fully saturated rings. The number of carboxylic acids is 2. The Morgan fingerprint density at radius 1 is 1.33 bits per heavy atom. The second kappa shape index (κ2) is 3.03. The lowest BCUT2D eigenvalue weighted by atomic mass is 10.3. The molecule has 0 heterocycles. The van der Waals surface area contributed by atoms with Gasteiger partial charge in [-0.2, -0.15) is 0 Å². The van der Waals surface area contributed by atoms with Gasteiger partial charge in [0.15, 0.2) is 0 Å². The fraction of sp³-hybridized carbons (Fsp3) is 0.500. The van der Waals surface area contributed by atoms with Crippen LogP contribution < -0.4 is 5.32 Å². The summed E-state index contributed by atoms with van der Waals surface area (Å²) in [4.78, 5) is 19.9. The summed E-state index contributed by atoms with van der Waals surface area (Å²) in [7, 11) is 1.27. The Hall–Kier alpha value is -1.10. The first-order chi connectivity index (χ1) is 4.09. The van der Waals surface area contributed by atoms with E-state index in [2.05, 4.69) is 5.32 Å². The summed E-state index contributed by atoms with van der Waals surface area (Å²) >= 11 is 0. The average Bonchev–Trinajstić information content (AvgIpc) is 1.64. The maximum absolute atomic E-state index is 9.93. The van der Waals surface area contributed by atoms with Crippen LogP contribution in [0.15, 0.2) is 0 Å². The van der Waals surface area contributed by atoms with Crippen molar-refractivity contribution in [2.24, 2.45) is 0 Å². The van der Waals surface area contributed by atoms with Crippen LogP contribution in [0.4, 0.5) is 0 Å². The van der Waals surface area contributed by atoms with E-state index in [0.717, 1.165) is 0 Å². The first kappa shape index (κ1) is 7.90. The van der Waals surface area contributed by atoms with E-state index in [1.807, 2.05) is 0 Å². The monoisotopic (exact) mass is 133 g/mol. The van der Waals surface area contributed by atoms with E-state index in [1.165, 1.54) is 7.05 Å². The summed E-state index contributed by atoms with van der Waals surface area (Å²) in [5, 5.41) is 18.3. The Morgan fingerprint density at radius 3 is 1.67 bits per heavy atom. The molecule has 0 amide bonds. The second-order valence-electron chi connectivity index (χ2n) is 1.40. The van der Waals surface area contributed by atoms with Crippen LogP contribution in [0.3, 0.4) is 0 Å². The molecule has 5 nitrogen and oxygen atoms in total. The lowest BCUT2D eigenvalue weighted by Gasteiger charge is -2.02. The topological polar surface area (TPSA) is 86.6 Å². The van der Waals surface area contributed by atoms with Crippen molar-refractivity contribution in [3.63, 3.8) is 0 Å². The fourth-order valence-electron chi connectivity index (χ4n) is 0.353. The highest BCUT2D eigenvalue weighted by Gasteiger charge is 2.22. The van der Waals surface area contributed by atoms with Crippen LogP contribution in [0, 0.1) is 0 Å². The molecule has 0 saturated heterocycles. The molecule has 52 valence electrons. The van der Waals surface area contributed by atoms with E-state index in [1.54, 1.807) is 0 Å². The van der Waals surface area contributed by atoms with Crippen molar-refractivity contribution in [3.8, 4) is 0 Å². The van der Waals surface area contributed by atoms with Gasteiger partial charge < -0.3 is 10.2 Å². The minimum atomic E-state index is -1.50. The summed E-state index contributed by atoms with van der Waals surface area (Å²) < 4.78 is 0. The van der Waals surface area contributed by atoms with Crippen molar-refractivity contribution >= 4 is 11.9 Å². The summed E-state index contributed by atoms with van der Waals surface area (Å²) in [5.74, 6) is -2.77. The summed E-state index contributed by atoms with van der Waals surface area (Å²) in [6, 6.07) is -1.50. The number of rotatable bonds is 3. The molecule has 0 atom stereocenters. The zero-order valence-electron chi connectivity index (χ0n) is 4.79. The van der Waals surface area contributed by atoms with Crippen LogP contribution in [-0.2, 0) is 9.59 Å². The number of carbonyl (C=O) groups is 2. The molecule has 0 radical (unpaired) electrons. The van der Waals surface area contributed by atoms with Crippen molar-refractivity contribution in [2.45, 2.75) is 6.04 Å². The first-order valence-electron chi connectivity index (χ1n) is 2.22. The van der Waals surface area contributed by atoms with Gasteiger partial charge in [0.05, 0.1) is 0 Å². The van der Waals surface area contributed by atoms with Crippen molar-refractivity contribution in [1.82, 2.24) is 5.32 Å². The molecule has 9 heavy (non-hydrogen) atoms. The van der Waals surface area contributed by atoms with Crippen molar-refractivity contribution in [2.75, 3.05) is 7.05 Å². The minimum Gasteiger partial charge on any atom is -0.480 e. The lowest BCUT2D eigenvalue weighted by molar-refractivity contribution is -0.150. The molecule has 0 aliphatic rings. The number of likely N-dealkylation sites (N-methyl/N-ethyl adjacent to an activating group) is 1. The Morgan fingerprint density at radius 2 is 1.67 bits per heavy atom. The van der Waals surface area contributed by atoms with Crippen molar-refractivity contribution < 1.29 is 19.8 Å². The second-order valence-corrected chi connectivity index (χ2v) is 1.40. The van der Waals surface area contributed by atoms with E-state index in [0.29, 0.717) is 0 Å². The molecule has 5 heteroatoms. The Kier molecular flexibility index (Phi) is 2.66. The Bertz CT molecular complexity index is 119. The highest BCUT2D eigenvalue weighted by Crippen LogP contribution is 1.80. The molecule has 0 aliphatic heterocycles. The third kappa shape index (κ3) is 2.09. The van der Waals surface area contributed by atoms with Gasteiger partial charge in [-0.1, -0.05) is 0 Å². The maximum atomic E-state index is 9.93. The van der Waals surface area contributed by atoms with Gasteiger partial charge in [-0.15, -0.1) is 0 Å². The SMILES string of the molecule is CNC(C(=O)O)C(=O)O. The number of aliphatic carboxylic acids is 2. The molecule has 0 aromatic rings. The van der Waals surface area contributed by atoms with Crippen LogP contribution in [0.5, 0.6) is 0 Å². The number of hydrogen-bond donors (Lipinski definition) is 3. The predicted octanol–water partition coefficient (Wildman–Crippen LogP) is -1.26. The van der Waals surface area contributed by atoms with E-state index in [-0.39, 0.29) is 0 Å². The summed E-state index contributed by atoms with van der Waals surface area (Å²) in [5.41, 5.74) is 0. The van der Waals surface area contributed by atoms with Crippen LogP contribution in [0.1, 0.15) is 0 Å². The smallest absolute Gasteiger partial charge is 0.332 e. The van der Waals surface area contributed by atoms with Crippen LogP contribution in [-0.4, -0.2) is 35.2 Å². The third-order valence-electron chi connectivity index (χ3n) is 0.783. The number of nitrogens with one attached hydrogen (secondary N) is 1. The van der Waals surface area contributed by atoms with Gasteiger partial charge in [-0.3, -0.25) is 5.32 Å². The van der Waals surface area contributed by atoms with E-state index >= 15 is 0 Å². The van der Waals surface area contributed by atoms with Crippen LogP contribution >= 0.6 is 0 Å². The van der Waals surface area contributed by atoms with E-state index in [9.17, 15) is 9.59 Å². The van der Waals surface area contributed by atoms with Gasteiger partial charge in [0.2, 0.25) is 6.04 Å². The van der Waals surface area contributed by atoms with E-state index in [4.69, 9.17) is 10.2 Å². The highest BCUT2D eigenvalue weighted by atomic mass is 16.4. The number of carboxylic acid groups (broad SMARTS) is 2. The predicted molar refractivity (Wildman–Crippen MR) is 28.1 cm³/mol. The van der Waals surface area contributed by atoms with Crippen LogP contribution in [0.2, 0.25) is 0 Å². The van der Waals surface area contributed by atoms with E-state index < -0.39 is 18.0 Å². The Labute approximate surface area is 51.3 Å². The van der Waals surface area contributed by atoms with Crippen molar-refractivity contribution in [1.29, 1.82) is 0 Å². The van der Waals surface area contributed by atoms with Gasteiger partial charge >= 0.3 is 11.9 Å². The molecule has 0 aromatic carbocycles. The van der Waals surface area contributed by atoms with Crippen molar-refractivity contribution in [3.05, 3.63) is 0 Å². The van der Waals surface area contributed by atoms with Gasteiger partial charge in [-0.25, -0.2) is 9.59 Å². The molecule has 0 aromatic heterocycles. The highest BCUT2D eigenvalue weighted by molar-refractivity contribution is 5.97. The zero-order valence-corrected chi connectivity index (χ0v) is 4.79. The first-order valence-corrected chi connectivity index (χ1v) is 2.22. The van der Waals surface area contributed by atoms with Gasteiger partial charge in [0.25, 0.3) is 0 Å². The quantitative estimate of drug-likeness (QED) is 0.418. The van der Waals surface area contributed by atoms with Gasteiger partial charge in [-0.05, 0) is 7.05 Å². The summed E-state index contributed by atoms with van der Waals surface area (Å²) in [6.45, 7) is 0. The summed E-state index contributed by atoms with van der Waals surface area (Å²) in [6.07, 6.45) is 0. The largest absolute Gasteiger partial charge is 0.480 e. The molecule has 3 N–H and O–H groups in total. The third-order valence-corrected chi connectivity index (χ3v) is 0.783. The average molecular weight is 133 g/mol. The standard InChI is InChI=1S/C4H7NO4/c1-5-2(3(6)7)4(8)9/h2,5H,1H3,(H,6,7)(H,8,9). The van der Waals surface area contributed by atoms with Gasteiger partial charge in [0, 0.05) is 0 Å². The normalized spacial score (nSPS) is 9.56. The molecule has 0 aliphatic carbocycles. The Balaban J connectivity index is 3.99. The molecule has 0 rings (SSSR count). The lowest BCUT2D eigenvalue weighted by Crippen LogP contribution is -2.40. The minimum absolute atomic E-state index is 1.27. The van der Waals surface area contributed by atoms with Gasteiger partial charge in [0.1, 0.15) is 0 Å². The number of hydrogen-bond acceptors (Lipinski definition) is 3. The molecule has 0 saturated carbocycles. The zero-order chi connectivity index (χ0) is 7.44. The molecule has 0 spiro atoms. The van der Waals surface area contributed by atoms with Crippen LogP contribution in [0.25, 0.3) is 0 Å². The molecular formula is C4H7NO4. The molecular weight excluding hydrogens is 126 g/mol. The molecule has 0 bridgehead atoms. The maximum Gasteiger partial charge on any atom is 0.332 e.